The van der Waals surface area contributed by atoms with Crippen LogP contribution in [0.15, 0.2) is 27.6 Å². The van der Waals surface area contributed by atoms with E-state index in [9.17, 15) is 8.42 Å². The number of aromatic nitrogens is 2. The van der Waals surface area contributed by atoms with E-state index in [1.54, 1.807) is 19.1 Å². The van der Waals surface area contributed by atoms with Crippen molar-refractivity contribution < 1.29 is 12.9 Å². The lowest BCUT2D eigenvalue weighted by atomic mass is 10.2. The van der Waals surface area contributed by atoms with Crippen LogP contribution < -0.4 is 5.32 Å². The van der Waals surface area contributed by atoms with Crippen LogP contribution in [-0.2, 0) is 22.9 Å². The predicted molar refractivity (Wildman–Crippen MR) is 74.1 cm³/mol. The summed E-state index contributed by atoms with van der Waals surface area (Å²) < 4.78 is 28.4. The zero-order valence-electron chi connectivity index (χ0n) is 11.1. The minimum atomic E-state index is -3.32. The number of sulfone groups is 1. The molecule has 0 spiro atoms. The highest BCUT2D eigenvalue weighted by molar-refractivity contribution is 7.90. The molecule has 2 aromatic rings. The van der Waals surface area contributed by atoms with Gasteiger partial charge in [0.05, 0.1) is 11.4 Å². The summed E-state index contributed by atoms with van der Waals surface area (Å²) in [5, 5.41) is 7.11. The number of rotatable bonds is 5. The average molecular weight is 316 g/mol. The van der Waals surface area contributed by atoms with E-state index in [1.165, 1.54) is 6.07 Å². The summed E-state index contributed by atoms with van der Waals surface area (Å²) in [7, 11) is -3.32. The maximum Gasteiger partial charge on any atom is 0.240 e. The molecule has 0 bridgehead atoms. The molecule has 108 valence electrons. The molecule has 2 rings (SSSR count). The minimum Gasteiger partial charge on any atom is -0.338 e. The molecular weight excluding hydrogens is 302 g/mol. The first kappa shape index (κ1) is 15.0. The van der Waals surface area contributed by atoms with Gasteiger partial charge >= 0.3 is 0 Å². The Kier molecular flexibility index (Phi) is 4.42. The highest BCUT2D eigenvalue weighted by atomic mass is 35.5. The Bertz CT molecular complexity index is 712. The Morgan fingerprint density at radius 2 is 2.10 bits per heavy atom. The Morgan fingerprint density at radius 3 is 2.70 bits per heavy atom. The molecule has 0 radical (unpaired) electrons. The van der Waals surface area contributed by atoms with Crippen molar-refractivity contribution in [1.82, 2.24) is 15.5 Å². The van der Waals surface area contributed by atoms with E-state index in [0.717, 1.165) is 6.26 Å². The van der Waals surface area contributed by atoms with Gasteiger partial charge in [0.1, 0.15) is 0 Å². The normalized spacial score (nSPS) is 11.8. The van der Waals surface area contributed by atoms with Gasteiger partial charge in [0, 0.05) is 23.4 Å². The largest absolute Gasteiger partial charge is 0.338 e. The SMILES string of the molecule is Cc1noc(CNCc2c(Cl)cccc2S(C)(=O)=O)n1. The molecule has 0 atom stereocenters. The van der Waals surface area contributed by atoms with E-state index in [2.05, 4.69) is 15.5 Å². The number of nitrogens with zero attached hydrogens (tertiary/aromatic N) is 2. The van der Waals surface area contributed by atoms with Gasteiger partial charge in [0.2, 0.25) is 5.89 Å². The van der Waals surface area contributed by atoms with Crippen LogP contribution in [0, 0.1) is 6.92 Å². The Morgan fingerprint density at radius 1 is 1.35 bits per heavy atom. The Labute approximate surface area is 122 Å². The number of nitrogens with one attached hydrogen (secondary N) is 1. The van der Waals surface area contributed by atoms with Crippen LogP contribution in [-0.4, -0.2) is 24.8 Å². The van der Waals surface area contributed by atoms with Crippen LogP contribution in [0.2, 0.25) is 5.02 Å². The summed E-state index contributed by atoms with van der Waals surface area (Å²) in [6.07, 6.45) is 1.16. The van der Waals surface area contributed by atoms with Gasteiger partial charge in [-0.25, -0.2) is 8.42 Å². The summed E-state index contributed by atoms with van der Waals surface area (Å²) in [6.45, 7) is 2.36. The fourth-order valence-corrected chi connectivity index (χ4v) is 3.02. The van der Waals surface area contributed by atoms with Crippen molar-refractivity contribution in [3.63, 3.8) is 0 Å². The zero-order chi connectivity index (χ0) is 14.8. The van der Waals surface area contributed by atoms with Gasteiger partial charge in [-0.15, -0.1) is 0 Å². The number of halogens is 1. The fourth-order valence-electron chi connectivity index (χ4n) is 1.76. The van der Waals surface area contributed by atoms with Gasteiger partial charge in [-0.3, -0.25) is 0 Å². The molecule has 0 amide bonds. The first-order valence-electron chi connectivity index (χ1n) is 5.85. The molecule has 0 fully saturated rings. The monoisotopic (exact) mass is 315 g/mol. The van der Waals surface area contributed by atoms with Crippen LogP contribution in [0.4, 0.5) is 0 Å². The van der Waals surface area contributed by atoms with Gasteiger partial charge in [0.25, 0.3) is 0 Å². The highest BCUT2D eigenvalue weighted by Crippen LogP contribution is 2.23. The third-order valence-corrected chi connectivity index (χ3v) is 4.16. The third kappa shape index (κ3) is 3.56. The molecule has 0 unspecified atom stereocenters. The van der Waals surface area contributed by atoms with Crippen molar-refractivity contribution in [3.8, 4) is 0 Å². The van der Waals surface area contributed by atoms with E-state index in [-0.39, 0.29) is 4.90 Å². The van der Waals surface area contributed by atoms with Crippen molar-refractivity contribution in [2.45, 2.75) is 24.9 Å². The topological polar surface area (TPSA) is 85.1 Å². The van der Waals surface area contributed by atoms with Crippen LogP contribution >= 0.6 is 11.6 Å². The Balaban J connectivity index is 2.13. The van der Waals surface area contributed by atoms with E-state index < -0.39 is 9.84 Å². The molecule has 0 saturated heterocycles. The molecule has 6 nitrogen and oxygen atoms in total. The van der Waals surface area contributed by atoms with Crippen molar-refractivity contribution in [1.29, 1.82) is 0 Å². The maximum absolute atomic E-state index is 11.7. The molecule has 1 aromatic carbocycles. The fraction of sp³-hybridized carbons (Fsp3) is 0.333. The molecule has 8 heteroatoms. The maximum atomic E-state index is 11.7. The van der Waals surface area contributed by atoms with Crippen LogP contribution in [0.1, 0.15) is 17.3 Å². The van der Waals surface area contributed by atoms with Gasteiger partial charge < -0.3 is 9.84 Å². The van der Waals surface area contributed by atoms with E-state index >= 15 is 0 Å². The van der Waals surface area contributed by atoms with Crippen LogP contribution in [0.25, 0.3) is 0 Å². The smallest absolute Gasteiger partial charge is 0.240 e. The van der Waals surface area contributed by atoms with E-state index in [4.69, 9.17) is 16.1 Å². The van der Waals surface area contributed by atoms with Gasteiger partial charge in [-0.2, -0.15) is 4.98 Å². The van der Waals surface area contributed by atoms with Crippen LogP contribution in [0.3, 0.4) is 0 Å². The molecule has 0 aliphatic carbocycles. The first-order valence-corrected chi connectivity index (χ1v) is 8.12. The van der Waals surface area contributed by atoms with Crippen molar-refractivity contribution in [2.24, 2.45) is 0 Å². The molecule has 1 N–H and O–H groups in total. The second-order valence-corrected chi connectivity index (χ2v) is 6.72. The molecular formula is C12H14ClN3O3S. The summed E-state index contributed by atoms with van der Waals surface area (Å²) >= 11 is 6.07. The summed E-state index contributed by atoms with van der Waals surface area (Å²) in [5.41, 5.74) is 0.535. The summed E-state index contributed by atoms with van der Waals surface area (Å²) in [4.78, 5) is 4.27. The third-order valence-electron chi connectivity index (χ3n) is 2.62. The van der Waals surface area contributed by atoms with Crippen molar-refractivity contribution in [2.75, 3.05) is 6.26 Å². The quantitative estimate of drug-likeness (QED) is 0.904. The molecule has 0 aliphatic rings. The molecule has 1 heterocycles. The lowest BCUT2D eigenvalue weighted by Crippen LogP contribution is -2.16. The first-order chi connectivity index (χ1) is 9.38. The minimum absolute atomic E-state index is 0.221. The van der Waals surface area contributed by atoms with Crippen LogP contribution in [0.5, 0.6) is 0 Å². The average Bonchev–Trinajstić information content (AvgIpc) is 2.76. The standard InChI is InChI=1S/C12H14ClN3O3S/c1-8-15-12(19-16-8)7-14-6-9-10(13)4-3-5-11(9)20(2,17)18/h3-5,14H,6-7H2,1-2H3. The predicted octanol–water partition coefficient (Wildman–Crippen LogP) is 1.72. The molecule has 20 heavy (non-hydrogen) atoms. The lowest BCUT2D eigenvalue weighted by Gasteiger charge is -2.10. The highest BCUT2D eigenvalue weighted by Gasteiger charge is 2.15. The molecule has 0 aliphatic heterocycles. The molecule has 0 saturated carbocycles. The second-order valence-electron chi connectivity index (χ2n) is 4.33. The van der Waals surface area contributed by atoms with E-state index in [0.29, 0.717) is 35.4 Å². The van der Waals surface area contributed by atoms with Gasteiger partial charge in [-0.1, -0.05) is 22.8 Å². The zero-order valence-corrected chi connectivity index (χ0v) is 12.6. The molecule has 1 aromatic heterocycles. The summed E-state index contributed by atoms with van der Waals surface area (Å²) in [6, 6.07) is 4.81. The van der Waals surface area contributed by atoms with Gasteiger partial charge in [0.15, 0.2) is 15.7 Å². The number of hydrogen-bond acceptors (Lipinski definition) is 6. The van der Waals surface area contributed by atoms with Gasteiger partial charge in [-0.05, 0) is 19.1 Å². The summed E-state index contributed by atoms with van der Waals surface area (Å²) in [5.74, 6) is 0.992. The van der Waals surface area contributed by atoms with Crippen molar-refractivity contribution >= 4 is 21.4 Å². The number of aryl methyl sites for hydroxylation is 1. The van der Waals surface area contributed by atoms with E-state index in [1.807, 2.05) is 0 Å². The number of benzene rings is 1. The lowest BCUT2D eigenvalue weighted by molar-refractivity contribution is 0.364. The van der Waals surface area contributed by atoms with Crippen molar-refractivity contribution in [3.05, 3.63) is 40.5 Å². The number of hydrogen-bond donors (Lipinski definition) is 1. The second kappa shape index (κ2) is 5.90. The Hall–Kier alpha value is -1.44.